The molecular weight excluding hydrogens is 492 g/mol. The van der Waals surface area contributed by atoms with Crippen LogP contribution in [0, 0.1) is 6.92 Å². The summed E-state index contributed by atoms with van der Waals surface area (Å²) >= 11 is 0. The number of nitrogens with one attached hydrogen (secondary N) is 1. The molecule has 1 aromatic heterocycles. The van der Waals surface area contributed by atoms with Crippen molar-refractivity contribution in [2.24, 2.45) is 0 Å². The lowest BCUT2D eigenvalue weighted by atomic mass is 10.0. The van der Waals surface area contributed by atoms with Gasteiger partial charge in [-0.3, -0.25) is 4.90 Å². The number of aryl methyl sites for hydroxylation is 1. The molecule has 2 saturated heterocycles. The maximum atomic E-state index is 6.19. The van der Waals surface area contributed by atoms with Gasteiger partial charge in [0, 0.05) is 75.1 Å². The van der Waals surface area contributed by atoms with Gasteiger partial charge in [-0.1, -0.05) is 23.8 Å². The topological polar surface area (TPSA) is 75.2 Å². The summed E-state index contributed by atoms with van der Waals surface area (Å²) < 4.78 is 17.3. The first kappa shape index (κ1) is 26.1. The number of hydrogen-bond acceptors (Lipinski definition) is 9. The molecule has 3 aromatic rings. The number of benzene rings is 2. The summed E-state index contributed by atoms with van der Waals surface area (Å²) in [7, 11) is 1.74. The Morgan fingerprint density at radius 3 is 2.64 bits per heavy atom. The first-order valence-corrected chi connectivity index (χ1v) is 14.3. The van der Waals surface area contributed by atoms with Crippen LogP contribution in [0.4, 0.5) is 11.5 Å². The Balaban J connectivity index is 1.26. The van der Waals surface area contributed by atoms with Gasteiger partial charge >= 0.3 is 6.01 Å². The predicted molar refractivity (Wildman–Crippen MR) is 154 cm³/mol. The van der Waals surface area contributed by atoms with Gasteiger partial charge in [-0.05, 0) is 31.2 Å². The van der Waals surface area contributed by atoms with Crippen molar-refractivity contribution in [1.82, 2.24) is 20.2 Å². The number of rotatable bonds is 8. The van der Waals surface area contributed by atoms with E-state index in [1.165, 1.54) is 27.6 Å². The molecule has 0 spiro atoms. The van der Waals surface area contributed by atoms with Crippen molar-refractivity contribution in [2.75, 3.05) is 89.1 Å². The predicted octanol–water partition coefficient (Wildman–Crippen LogP) is 3.02. The first-order chi connectivity index (χ1) is 19.2. The summed E-state index contributed by atoms with van der Waals surface area (Å²) in [6.07, 6.45) is 1.85. The number of fused-ring (bicyclic) bond motifs is 2. The minimum Gasteiger partial charge on any atom is -0.497 e. The van der Waals surface area contributed by atoms with Crippen molar-refractivity contribution < 1.29 is 14.2 Å². The molecule has 3 aliphatic heterocycles. The normalized spacial score (nSPS) is 18.3. The average molecular weight is 533 g/mol. The molecule has 1 N–H and O–H groups in total. The van der Waals surface area contributed by atoms with Crippen LogP contribution < -0.4 is 24.6 Å². The Kier molecular flexibility index (Phi) is 7.99. The highest BCUT2D eigenvalue weighted by atomic mass is 16.5. The van der Waals surface area contributed by atoms with E-state index < -0.39 is 0 Å². The van der Waals surface area contributed by atoms with E-state index in [1.807, 2.05) is 0 Å². The van der Waals surface area contributed by atoms with E-state index in [-0.39, 0.29) is 0 Å². The molecule has 208 valence electrons. The third kappa shape index (κ3) is 5.90. The second-order valence-electron chi connectivity index (χ2n) is 10.7. The quantitative estimate of drug-likeness (QED) is 0.441. The standard InChI is InChI=1S/C30H40N6O3/c1-22-4-5-25-23(18-22)19-24(37-2)20-28(25)36-10-6-26-27(21-36)32-30(33-29(26)35-11-7-31-8-12-35)39-15-3-9-34-13-16-38-17-14-34/h4-5,18-20,31H,3,6-17,21H2,1-2H3. The molecule has 0 aliphatic carbocycles. The number of morpholine rings is 1. The fraction of sp³-hybridized carbons (Fsp3) is 0.533. The van der Waals surface area contributed by atoms with Gasteiger partial charge in [0.1, 0.15) is 11.6 Å². The summed E-state index contributed by atoms with van der Waals surface area (Å²) in [5.41, 5.74) is 4.76. The lowest BCUT2D eigenvalue weighted by Crippen LogP contribution is -2.45. The highest BCUT2D eigenvalue weighted by molar-refractivity contribution is 5.96. The Morgan fingerprint density at radius 2 is 1.82 bits per heavy atom. The van der Waals surface area contributed by atoms with E-state index in [0.717, 1.165) is 102 Å². The van der Waals surface area contributed by atoms with Gasteiger partial charge in [0.15, 0.2) is 0 Å². The highest BCUT2D eigenvalue weighted by Gasteiger charge is 2.27. The third-order valence-electron chi connectivity index (χ3n) is 8.03. The van der Waals surface area contributed by atoms with Crippen LogP contribution in [-0.4, -0.2) is 94.2 Å². The summed E-state index contributed by atoms with van der Waals surface area (Å²) in [5.74, 6) is 1.93. The molecular formula is C30H40N6O3. The van der Waals surface area contributed by atoms with Gasteiger partial charge in [0.05, 0.1) is 39.2 Å². The van der Waals surface area contributed by atoms with Crippen LogP contribution in [0.25, 0.3) is 10.8 Å². The lowest BCUT2D eigenvalue weighted by molar-refractivity contribution is 0.0356. The molecule has 0 radical (unpaired) electrons. The number of hydrogen-bond donors (Lipinski definition) is 1. The van der Waals surface area contributed by atoms with E-state index in [0.29, 0.717) is 12.6 Å². The molecule has 0 amide bonds. The van der Waals surface area contributed by atoms with Crippen LogP contribution in [0.3, 0.4) is 0 Å². The van der Waals surface area contributed by atoms with Crippen LogP contribution in [-0.2, 0) is 17.7 Å². The van der Waals surface area contributed by atoms with Crippen LogP contribution in [0.1, 0.15) is 23.2 Å². The Labute approximate surface area is 231 Å². The molecule has 0 atom stereocenters. The lowest BCUT2D eigenvalue weighted by Gasteiger charge is -2.35. The fourth-order valence-corrected chi connectivity index (χ4v) is 5.90. The number of aromatic nitrogens is 2. The van der Waals surface area contributed by atoms with E-state index >= 15 is 0 Å². The van der Waals surface area contributed by atoms with Gasteiger partial charge in [-0.2, -0.15) is 9.97 Å². The smallest absolute Gasteiger partial charge is 0.318 e. The van der Waals surface area contributed by atoms with Crippen molar-refractivity contribution in [2.45, 2.75) is 26.3 Å². The monoisotopic (exact) mass is 532 g/mol. The maximum Gasteiger partial charge on any atom is 0.318 e. The molecule has 3 aliphatic rings. The molecule has 9 nitrogen and oxygen atoms in total. The largest absolute Gasteiger partial charge is 0.497 e. The van der Waals surface area contributed by atoms with Gasteiger partial charge in [0.2, 0.25) is 0 Å². The maximum absolute atomic E-state index is 6.19. The molecule has 9 heteroatoms. The van der Waals surface area contributed by atoms with E-state index in [1.54, 1.807) is 7.11 Å². The van der Waals surface area contributed by atoms with Crippen LogP contribution >= 0.6 is 0 Å². The molecule has 2 fully saturated rings. The molecule has 0 saturated carbocycles. The number of nitrogens with zero attached hydrogens (tertiary/aromatic N) is 5. The fourth-order valence-electron chi connectivity index (χ4n) is 5.90. The van der Waals surface area contributed by atoms with E-state index in [4.69, 9.17) is 24.2 Å². The second kappa shape index (κ2) is 11.9. The minimum absolute atomic E-state index is 0.497. The zero-order valence-electron chi connectivity index (χ0n) is 23.2. The third-order valence-corrected chi connectivity index (χ3v) is 8.03. The number of anilines is 2. The molecule has 2 aromatic carbocycles. The first-order valence-electron chi connectivity index (χ1n) is 14.3. The van der Waals surface area contributed by atoms with Gasteiger partial charge < -0.3 is 29.3 Å². The second-order valence-corrected chi connectivity index (χ2v) is 10.7. The average Bonchev–Trinajstić information content (AvgIpc) is 2.98. The molecule has 0 bridgehead atoms. The number of methoxy groups -OCH3 is 1. The van der Waals surface area contributed by atoms with Gasteiger partial charge in [-0.25, -0.2) is 0 Å². The van der Waals surface area contributed by atoms with Crippen LogP contribution in [0.5, 0.6) is 11.8 Å². The van der Waals surface area contributed by atoms with Crippen molar-refractivity contribution in [3.05, 3.63) is 47.2 Å². The Bertz CT molecular complexity index is 1290. The summed E-state index contributed by atoms with van der Waals surface area (Å²) in [4.78, 5) is 17.2. The SMILES string of the molecule is COc1cc(N2CCc3c(nc(OCCCN4CCOCC4)nc3N3CCNCC3)C2)c2ccc(C)cc2c1. The van der Waals surface area contributed by atoms with E-state index in [2.05, 4.69) is 57.3 Å². The Morgan fingerprint density at radius 1 is 0.974 bits per heavy atom. The number of ether oxygens (including phenoxy) is 3. The van der Waals surface area contributed by atoms with Crippen molar-refractivity contribution in [3.63, 3.8) is 0 Å². The summed E-state index contributed by atoms with van der Waals surface area (Å²) in [6.45, 7) is 12.8. The number of piperazine rings is 1. The van der Waals surface area contributed by atoms with E-state index in [9.17, 15) is 0 Å². The van der Waals surface area contributed by atoms with Crippen molar-refractivity contribution in [3.8, 4) is 11.8 Å². The van der Waals surface area contributed by atoms with Crippen LogP contribution in [0.2, 0.25) is 0 Å². The van der Waals surface area contributed by atoms with Crippen LogP contribution in [0.15, 0.2) is 30.3 Å². The van der Waals surface area contributed by atoms with Crippen molar-refractivity contribution >= 4 is 22.3 Å². The van der Waals surface area contributed by atoms with Crippen molar-refractivity contribution in [1.29, 1.82) is 0 Å². The molecule has 39 heavy (non-hydrogen) atoms. The highest BCUT2D eigenvalue weighted by Crippen LogP contribution is 2.37. The molecule has 0 unspecified atom stereocenters. The Hall–Kier alpha value is -3.14. The van der Waals surface area contributed by atoms with Gasteiger partial charge in [0.25, 0.3) is 0 Å². The zero-order chi connectivity index (χ0) is 26.6. The summed E-state index contributed by atoms with van der Waals surface area (Å²) in [5, 5.41) is 5.90. The zero-order valence-corrected chi connectivity index (χ0v) is 23.2. The molecule has 6 rings (SSSR count). The van der Waals surface area contributed by atoms with Gasteiger partial charge in [-0.15, -0.1) is 0 Å². The molecule has 4 heterocycles. The minimum atomic E-state index is 0.497. The summed E-state index contributed by atoms with van der Waals surface area (Å²) in [6, 6.07) is 11.4.